The Morgan fingerprint density at radius 1 is 0.903 bits per heavy atom. The molecule has 2 aromatic carbocycles. The van der Waals surface area contributed by atoms with E-state index >= 15 is 0 Å². The molecule has 0 radical (unpaired) electrons. The lowest BCUT2D eigenvalue weighted by Crippen LogP contribution is -2.19. The molecule has 0 atom stereocenters. The van der Waals surface area contributed by atoms with Gasteiger partial charge in [-0.25, -0.2) is 8.78 Å². The maximum Gasteiger partial charge on any atom is 0.201 e. The fourth-order valence-electron chi connectivity index (χ4n) is 3.88. The molecule has 0 N–H and O–H groups in total. The lowest BCUT2D eigenvalue weighted by atomic mass is 9.79. The fourth-order valence-corrected chi connectivity index (χ4v) is 3.88. The second-order valence-corrected chi connectivity index (χ2v) is 7.43. The molecule has 31 heavy (non-hydrogen) atoms. The van der Waals surface area contributed by atoms with E-state index in [-0.39, 0.29) is 28.8 Å². The molecule has 0 unspecified atom stereocenters. The quantitative estimate of drug-likeness (QED) is 0.441. The molecule has 2 aromatic rings. The van der Waals surface area contributed by atoms with Crippen molar-refractivity contribution >= 4 is 6.08 Å². The van der Waals surface area contributed by atoms with Gasteiger partial charge in [-0.05, 0) is 81.2 Å². The van der Waals surface area contributed by atoms with Gasteiger partial charge < -0.3 is 9.47 Å². The van der Waals surface area contributed by atoms with Crippen LogP contribution in [0, 0.1) is 23.4 Å². The predicted octanol–water partition coefficient (Wildman–Crippen LogP) is 7.91. The van der Waals surface area contributed by atoms with E-state index in [1.807, 2.05) is 26.8 Å². The van der Waals surface area contributed by atoms with Gasteiger partial charge in [0.15, 0.2) is 23.1 Å². The smallest absolute Gasteiger partial charge is 0.201 e. The van der Waals surface area contributed by atoms with E-state index in [1.165, 1.54) is 18.2 Å². The third kappa shape index (κ3) is 6.52. The molecule has 2 nitrogen and oxygen atoms in total. The van der Waals surface area contributed by atoms with Crippen molar-refractivity contribution in [2.24, 2.45) is 5.92 Å². The van der Waals surface area contributed by atoms with E-state index in [1.54, 1.807) is 25.1 Å². The predicted molar refractivity (Wildman–Crippen MR) is 120 cm³/mol. The highest BCUT2D eigenvalue weighted by atomic mass is 19.2. The van der Waals surface area contributed by atoms with E-state index in [0.717, 1.165) is 31.2 Å². The normalized spacial score (nSPS) is 18.4. The van der Waals surface area contributed by atoms with E-state index in [9.17, 15) is 13.2 Å². The minimum atomic E-state index is -0.945. The van der Waals surface area contributed by atoms with Crippen LogP contribution in [0.1, 0.15) is 70.4 Å². The first-order valence-electron chi connectivity index (χ1n) is 11.2. The minimum absolute atomic E-state index is 0.0496. The first-order valence-corrected chi connectivity index (χ1v) is 11.2. The molecular formula is C26H33F3O2. The van der Waals surface area contributed by atoms with Crippen LogP contribution in [0.4, 0.5) is 13.2 Å². The van der Waals surface area contributed by atoms with E-state index < -0.39 is 11.6 Å². The van der Waals surface area contributed by atoms with Crippen molar-refractivity contribution < 1.29 is 22.6 Å². The molecule has 0 aliphatic heterocycles. The van der Waals surface area contributed by atoms with Crippen LogP contribution < -0.4 is 9.47 Å². The molecule has 0 aromatic heterocycles. The highest BCUT2D eigenvalue weighted by molar-refractivity contribution is 5.51. The third-order valence-corrected chi connectivity index (χ3v) is 5.47. The summed E-state index contributed by atoms with van der Waals surface area (Å²) in [6.07, 6.45) is 6.82. The van der Waals surface area contributed by atoms with E-state index in [0.29, 0.717) is 19.1 Å². The van der Waals surface area contributed by atoms with Crippen LogP contribution in [0.5, 0.6) is 11.5 Å². The number of halogens is 3. The summed E-state index contributed by atoms with van der Waals surface area (Å²) in [7, 11) is 0. The van der Waals surface area contributed by atoms with Crippen molar-refractivity contribution in [3.05, 3.63) is 65.0 Å². The zero-order valence-electron chi connectivity index (χ0n) is 18.9. The van der Waals surface area contributed by atoms with Crippen LogP contribution in [0.2, 0.25) is 0 Å². The second kappa shape index (κ2) is 12.4. The molecular weight excluding hydrogens is 401 g/mol. The zero-order valence-corrected chi connectivity index (χ0v) is 18.9. The van der Waals surface area contributed by atoms with E-state index in [2.05, 4.69) is 0 Å². The van der Waals surface area contributed by atoms with Gasteiger partial charge in [0.25, 0.3) is 0 Å². The zero-order chi connectivity index (χ0) is 22.8. The summed E-state index contributed by atoms with van der Waals surface area (Å²) in [6, 6.07) is 8.18. The SMILES string of the molecule is C/C=C/c1ccc(OCC2CCC(c3ccc(OCC)c(F)c3)CC2)c(F)c1F.CC. The van der Waals surface area contributed by atoms with Crippen LogP contribution in [0.25, 0.3) is 6.08 Å². The number of benzene rings is 2. The monoisotopic (exact) mass is 434 g/mol. The third-order valence-electron chi connectivity index (χ3n) is 5.47. The molecule has 1 saturated carbocycles. The molecule has 0 heterocycles. The largest absolute Gasteiger partial charge is 0.491 e. The summed E-state index contributed by atoms with van der Waals surface area (Å²) in [5.74, 6) is -1.35. The molecule has 5 heteroatoms. The summed E-state index contributed by atoms with van der Waals surface area (Å²) in [5, 5.41) is 0. The summed E-state index contributed by atoms with van der Waals surface area (Å²) in [4.78, 5) is 0. The molecule has 1 aliphatic rings. The van der Waals surface area contributed by atoms with Crippen molar-refractivity contribution in [1.82, 2.24) is 0 Å². The topological polar surface area (TPSA) is 18.5 Å². The fraction of sp³-hybridized carbons (Fsp3) is 0.462. The van der Waals surface area contributed by atoms with Gasteiger partial charge in [0.1, 0.15) is 0 Å². The van der Waals surface area contributed by atoms with Crippen LogP contribution in [-0.2, 0) is 0 Å². The molecule has 170 valence electrons. The molecule has 1 fully saturated rings. The van der Waals surface area contributed by atoms with Gasteiger partial charge in [0, 0.05) is 5.56 Å². The molecule has 0 bridgehead atoms. The summed E-state index contributed by atoms with van der Waals surface area (Å²) in [6.45, 7) is 8.36. The Hall–Kier alpha value is -2.43. The summed E-state index contributed by atoms with van der Waals surface area (Å²) < 4.78 is 53.1. The number of hydrogen-bond acceptors (Lipinski definition) is 2. The Labute approximate surface area is 184 Å². The van der Waals surface area contributed by atoms with Gasteiger partial charge in [-0.2, -0.15) is 4.39 Å². The molecule has 1 aliphatic carbocycles. The number of allylic oxidation sites excluding steroid dienone is 1. The number of rotatable bonds is 7. The molecule has 0 spiro atoms. The number of hydrogen-bond donors (Lipinski definition) is 0. The van der Waals surface area contributed by atoms with Crippen molar-refractivity contribution in [2.75, 3.05) is 13.2 Å². The van der Waals surface area contributed by atoms with Crippen LogP contribution in [0.15, 0.2) is 36.4 Å². The number of ether oxygens (including phenoxy) is 2. The summed E-state index contributed by atoms with van der Waals surface area (Å²) >= 11 is 0. The highest BCUT2D eigenvalue weighted by Gasteiger charge is 2.24. The van der Waals surface area contributed by atoms with Gasteiger partial charge in [-0.1, -0.05) is 32.1 Å². The maximum absolute atomic E-state index is 14.2. The first-order chi connectivity index (χ1) is 15.0. The Kier molecular flexibility index (Phi) is 9.96. The summed E-state index contributed by atoms with van der Waals surface area (Å²) in [5.41, 5.74) is 1.19. The van der Waals surface area contributed by atoms with Gasteiger partial charge in [0.2, 0.25) is 5.82 Å². The minimum Gasteiger partial charge on any atom is -0.491 e. The average molecular weight is 435 g/mol. The average Bonchev–Trinajstić information content (AvgIpc) is 2.80. The first kappa shape index (κ1) is 24.8. The molecule has 0 saturated heterocycles. The van der Waals surface area contributed by atoms with Crippen molar-refractivity contribution in [3.63, 3.8) is 0 Å². The van der Waals surface area contributed by atoms with Crippen LogP contribution >= 0.6 is 0 Å². The highest BCUT2D eigenvalue weighted by Crippen LogP contribution is 2.37. The standard InChI is InChI=1S/C24H27F3O2.C2H6/c1-3-5-18-10-13-22(24(27)23(18)26)29-15-16-6-8-17(9-7-16)19-11-12-21(28-4-2)20(25)14-19;1-2/h3,5,10-14,16-17H,4,6-9,15H2,1-2H3;1-2H3/b5-3+;. The van der Waals surface area contributed by atoms with Gasteiger partial charge >= 0.3 is 0 Å². The van der Waals surface area contributed by atoms with Gasteiger partial charge in [-0.3, -0.25) is 0 Å². The Morgan fingerprint density at radius 3 is 2.19 bits per heavy atom. The molecule has 0 amide bonds. The van der Waals surface area contributed by atoms with E-state index in [4.69, 9.17) is 9.47 Å². The lowest BCUT2D eigenvalue weighted by Gasteiger charge is -2.29. The lowest BCUT2D eigenvalue weighted by molar-refractivity contribution is 0.192. The molecule has 3 rings (SSSR count). The van der Waals surface area contributed by atoms with Crippen LogP contribution in [-0.4, -0.2) is 13.2 Å². The maximum atomic E-state index is 14.2. The van der Waals surface area contributed by atoms with Crippen molar-refractivity contribution in [1.29, 1.82) is 0 Å². The Bertz CT molecular complexity index is 856. The van der Waals surface area contributed by atoms with Gasteiger partial charge in [0.05, 0.1) is 13.2 Å². The Morgan fingerprint density at radius 2 is 1.58 bits per heavy atom. The van der Waals surface area contributed by atoms with Gasteiger partial charge in [-0.15, -0.1) is 0 Å². The van der Waals surface area contributed by atoms with Crippen molar-refractivity contribution in [3.8, 4) is 11.5 Å². The van der Waals surface area contributed by atoms with Crippen LogP contribution in [0.3, 0.4) is 0 Å². The Balaban J connectivity index is 0.00000166. The van der Waals surface area contributed by atoms with Crippen molar-refractivity contribution in [2.45, 2.75) is 59.3 Å². The second-order valence-electron chi connectivity index (χ2n) is 7.43.